The van der Waals surface area contributed by atoms with Crippen LogP contribution in [0.5, 0.6) is 0 Å². The van der Waals surface area contributed by atoms with E-state index in [-0.39, 0.29) is 52.7 Å². The molecule has 5 aromatic heterocycles. The first-order chi connectivity index (χ1) is 34.8. The second-order valence-corrected chi connectivity index (χ2v) is 21.7. The van der Waals surface area contributed by atoms with Gasteiger partial charge < -0.3 is 19.1 Å². The molecule has 4 aliphatic rings. The molecule has 1 aliphatic carbocycles. The first-order valence-corrected chi connectivity index (χ1v) is 25.0. The van der Waals surface area contributed by atoms with E-state index in [0.29, 0.717) is 89.9 Å². The third-order valence-corrected chi connectivity index (χ3v) is 16.7. The molecule has 8 aromatic rings. The van der Waals surface area contributed by atoms with Gasteiger partial charge in [-0.2, -0.15) is 10.2 Å². The van der Waals surface area contributed by atoms with Gasteiger partial charge in [0.15, 0.2) is 11.6 Å². The van der Waals surface area contributed by atoms with Gasteiger partial charge in [0.1, 0.15) is 22.9 Å². The van der Waals surface area contributed by atoms with Crippen molar-refractivity contribution < 1.29 is 27.6 Å². The van der Waals surface area contributed by atoms with Crippen molar-refractivity contribution in [3.8, 4) is 17.2 Å². The standard InChI is InChI=1S/C54H57F2N11O6/c1-29-21-37(22-30(2)44(29)55)67-47(64-19-18-63(51(64)71)41-12-11-40-38(45(41)56)27-57-61(40)8)43-32(4)65(28-53(46(43)59-67)14-16-62(17-15-53)33(5)68)48(69)42-24-36-23-34(35-13-20-72-52(6,7)26-35)9-10-39(36)66(42)54(25-31(54)3)49-58-50(70)73-60-49/h9-12,18-19,21-24,27,31-32,35H,13-17,20,25-26,28H2,1-8H3,(H,58,60,70)/t31-,32-,35-,54-/m0/s1. The van der Waals surface area contributed by atoms with E-state index in [1.807, 2.05) is 22.5 Å². The topological polar surface area (TPSA) is 176 Å². The van der Waals surface area contributed by atoms with Gasteiger partial charge in [0, 0.05) is 74.5 Å². The number of nitrogens with zero attached hydrogens (tertiary/aromatic N) is 10. The summed E-state index contributed by atoms with van der Waals surface area (Å²) in [4.78, 5) is 63.4. The van der Waals surface area contributed by atoms with E-state index in [0.717, 1.165) is 29.3 Å². The lowest BCUT2D eigenvalue weighted by Crippen LogP contribution is -2.55. The lowest BCUT2D eigenvalue weighted by Gasteiger charge is -2.48. The van der Waals surface area contributed by atoms with E-state index in [1.165, 1.54) is 21.5 Å². The van der Waals surface area contributed by atoms with Crippen LogP contribution in [0.3, 0.4) is 0 Å². The molecule has 12 rings (SSSR count). The van der Waals surface area contributed by atoms with Crippen molar-refractivity contribution in [2.45, 2.75) is 109 Å². The second-order valence-electron chi connectivity index (χ2n) is 21.7. The molecule has 19 heteroatoms. The molecule has 378 valence electrons. The van der Waals surface area contributed by atoms with Crippen molar-refractivity contribution in [2.24, 2.45) is 13.0 Å². The van der Waals surface area contributed by atoms with Gasteiger partial charge in [0.25, 0.3) is 5.91 Å². The monoisotopic (exact) mass is 993 g/mol. The molecule has 4 atom stereocenters. The molecule has 3 aliphatic heterocycles. The quantitative estimate of drug-likeness (QED) is 0.167. The van der Waals surface area contributed by atoms with E-state index in [1.54, 1.807) is 72.5 Å². The minimum atomic E-state index is -0.922. The zero-order chi connectivity index (χ0) is 51.2. The Hall–Kier alpha value is -7.41. The molecule has 3 fully saturated rings. The Morgan fingerprint density at radius 1 is 0.904 bits per heavy atom. The molecular formula is C54H57F2N11O6. The van der Waals surface area contributed by atoms with Crippen molar-refractivity contribution in [1.82, 2.24) is 53.2 Å². The summed E-state index contributed by atoms with van der Waals surface area (Å²) in [6.45, 7) is 14.7. The predicted octanol–water partition coefficient (Wildman–Crippen LogP) is 7.78. The summed E-state index contributed by atoms with van der Waals surface area (Å²) in [7, 11) is 1.71. The second kappa shape index (κ2) is 16.3. The number of H-pyrrole nitrogens is 1. The maximum atomic E-state index is 16.4. The number of likely N-dealkylation sites (tertiary alicyclic amines) is 1. The van der Waals surface area contributed by atoms with Gasteiger partial charge in [-0.15, -0.1) is 0 Å². The summed E-state index contributed by atoms with van der Waals surface area (Å²) >= 11 is 0. The number of ether oxygens (including phenoxy) is 1. The van der Waals surface area contributed by atoms with Crippen LogP contribution in [0.1, 0.15) is 123 Å². The number of amides is 2. The van der Waals surface area contributed by atoms with Crippen molar-refractivity contribution in [2.75, 3.05) is 26.2 Å². The summed E-state index contributed by atoms with van der Waals surface area (Å²) in [6.07, 6.45) is 7.63. The Morgan fingerprint density at radius 3 is 2.29 bits per heavy atom. The summed E-state index contributed by atoms with van der Waals surface area (Å²) in [6, 6.07) is 14.2. The third-order valence-electron chi connectivity index (χ3n) is 16.7. The highest BCUT2D eigenvalue weighted by Crippen LogP contribution is 2.57. The minimum Gasteiger partial charge on any atom is -0.376 e. The number of benzene rings is 3. The van der Waals surface area contributed by atoms with E-state index in [2.05, 4.69) is 54.2 Å². The molecule has 1 spiro atoms. The van der Waals surface area contributed by atoms with Crippen LogP contribution in [0.15, 0.2) is 81.2 Å². The largest absolute Gasteiger partial charge is 0.438 e. The maximum Gasteiger partial charge on any atom is 0.438 e. The van der Waals surface area contributed by atoms with Crippen LogP contribution in [0, 0.1) is 31.4 Å². The fourth-order valence-corrected chi connectivity index (χ4v) is 12.6. The van der Waals surface area contributed by atoms with E-state index >= 15 is 18.4 Å². The van der Waals surface area contributed by atoms with Crippen LogP contribution >= 0.6 is 0 Å². The fraction of sp³-hybridized carbons (Fsp3) is 0.426. The van der Waals surface area contributed by atoms with Crippen molar-refractivity contribution in [3.05, 3.63) is 139 Å². The lowest BCUT2D eigenvalue weighted by molar-refractivity contribution is -0.130. The number of piperidine rings is 1. The molecule has 2 saturated heterocycles. The molecule has 0 bridgehead atoms. The Labute approximate surface area is 417 Å². The number of aromatic amines is 1. The van der Waals surface area contributed by atoms with Gasteiger partial charge in [0.2, 0.25) is 5.91 Å². The van der Waals surface area contributed by atoms with E-state index < -0.39 is 34.3 Å². The first kappa shape index (κ1) is 46.6. The fourth-order valence-electron chi connectivity index (χ4n) is 12.6. The number of aryl methyl sites for hydroxylation is 3. The van der Waals surface area contributed by atoms with Gasteiger partial charge in [-0.1, -0.05) is 18.1 Å². The first-order valence-electron chi connectivity index (χ1n) is 25.0. The summed E-state index contributed by atoms with van der Waals surface area (Å²) in [5.74, 6) is -1.25. The van der Waals surface area contributed by atoms with Crippen LogP contribution in [-0.4, -0.2) is 96.9 Å². The van der Waals surface area contributed by atoms with Crippen LogP contribution in [0.4, 0.5) is 8.78 Å². The van der Waals surface area contributed by atoms with E-state index in [4.69, 9.17) is 14.4 Å². The van der Waals surface area contributed by atoms with Crippen molar-refractivity contribution in [3.63, 3.8) is 0 Å². The number of hydrogen-bond acceptors (Lipinski definition) is 9. The number of imidazole rings is 1. The van der Waals surface area contributed by atoms with Crippen LogP contribution in [-0.2, 0) is 27.5 Å². The van der Waals surface area contributed by atoms with E-state index in [9.17, 15) is 9.59 Å². The summed E-state index contributed by atoms with van der Waals surface area (Å²) in [5, 5.41) is 15.0. The van der Waals surface area contributed by atoms with Crippen molar-refractivity contribution in [1.29, 1.82) is 0 Å². The van der Waals surface area contributed by atoms with Gasteiger partial charge >= 0.3 is 11.4 Å². The number of halogens is 2. The Kier molecular flexibility index (Phi) is 10.4. The van der Waals surface area contributed by atoms with Gasteiger partial charge in [-0.3, -0.25) is 32.9 Å². The number of fused-ring (bicyclic) bond motifs is 4. The predicted molar refractivity (Wildman–Crippen MR) is 267 cm³/mol. The van der Waals surface area contributed by atoms with Crippen LogP contribution in [0.25, 0.3) is 39.0 Å². The highest BCUT2D eigenvalue weighted by molar-refractivity contribution is 6.00. The number of rotatable bonds is 7. The van der Waals surface area contributed by atoms with Gasteiger partial charge in [-0.05, 0) is 138 Å². The Morgan fingerprint density at radius 2 is 1.62 bits per heavy atom. The molecule has 73 heavy (non-hydrogen) atoms. The molecule has 0 radical (unpaired) electrons. The molecule has 0 unspecified atom stereocenters. The number of hydrogen-bond donors (Lipinski definition) is 1. The number of carbonyl (C=O) groups is 2. The maximum absolute atomic E-state index is 16.4. The normalized spacial score (nSPS) is 22.4. The number of aromatic nitrogens is 9. The Balaban J connectivity index is 1.07. The third kappa shape index (κ3) is 7.04. The average Bonchev–Trinajstić information content (AvgIpc) is 4.01. The minimum absolute atomic E-state index is 0.0174. The lowest BCUT2D eigenvalue weighted by atomic mass is 9.70. The summed E-state index contributed by atoms with van der Waals surface area (Å²) in [5.41, 5.74) is 2.69. The molecule has 2 amide bonds. The number of carbonyl (C=O) groups excluding carboxylic acids is 2. The van der Waals surface area contributed by atoms with Crippen LogP contribution in [0.2, 0.25) is 0 Å². The molecule has 17 nitrogen and oxygen atoms in total. The molecular weight excluding hydrogens is 937 g/mol. The molecule has 8 heterocycles. The highest BCUT2D eigenvalue weighted by atomic mass is 19.1. The van der Waals surface area contributed by atoms with Crippen LogP contribution < -0.4 is 11.4 Å². The highest BCUT2D eigenvalue weighted by Gasteiger charge is 2.60. The number of nitrogens with one attached hydrogen (secondary N) is 1. The van der Waals surface area contributed by atoms with Gasteiger partial charge in [0.05, 0.1) is 45.8 Å². The van der Waals surface area contributed by atoms with Crippen molar-refractivity contribution >= 4 is 33.6 Å². The molecule has 3 aromatic carbocycles. The Bertz CT molecular complexity index is 3710. The SMILES string of the molecule is CC(=O)N1CCC2(CC1)CN(C(=O)c1cc3cc([C@H]4CCOC(C)(C)C4)ccc3n1[C@@]1(c3noc(=O)[nH]3)C[C@@H]1C)[C@@H](C)c1c2nn(-c2cc(C)c(F)c(C)c2)c1-n1ccn(-c2ccc3c(cnn3C)c2F)c1=O. The molecule has 1 saturated carbocycles. The smallest absolute Gasteiger partial charge is 0.376 e. The zero-order valence-corrected chi connectivity index (χ0v) is 42.1. The van der Waals surface area contributed by atoms with Gasteiger partial charge in [-0.25, -0.2) is 23.1 Å². The zero-order valence-electron chi connectivity index (χ0n) is 42.1. The molecule has 1 N–H and O–H groups in total. The average molecular weight is 994 g/mol. The summed E-state index contributed by atoms with van der Waals surface area (Å²) < 4.78 is 51.0.